The summed E-state index contributed by atoms with van der Waals surface area (Å²) in [6, 6.07) is 14.7. The SMILES string of the molecule is COc1ccc(C[C@@H](CC(=O)O)C(=O)Nc2ccccc2I)cc1. The van der Waals surface area contributed by atoms with Gasteiger partial charge in [-0.3, -0.25) is 9.59 Å². The molecule has 0 aliphatic heterocycles. The fourth-order valence-corrected chi connectivity index (χ4v) is 2.83. The van der Waals surface area contributed by atoms with Gasteiger partial charge in [0.05, 0.1) is 25.1 Å². The van der Waals surface area contributed by atoms with Crippen LogP contribution in [0.2, 0.25) is 0 Å². The van der Waals surface area contributed by atoms with Crippen LogP contribution in [0.1, 0.15) is 12.0 Å². The van der Waals surface area contributed by atoms with Crippen molar-refractivity contribution in [3.05, 3.63) is 57.7 Å². The number of para-hydroxylation sites is 1. The monoisotopic (exact) mass is 439 g/mol. The number of benzene rings is 2. The number of hydrogen-bond acceptors (Lipinski definition) is 3. The van der Waals surface area contributed by atoms with Crippen LogP contribution in [0, 0.1) is 9.49 Å². The highest BCUT2D eigenvalue weighted by Gasteiger charge is 2.23. The number of rotatable bonds is 7. The Kier molecular flexibility index (Phi) is 6.60. The topological polar surface area (TPSA) is 75.6 Å². The normalized spacial score (nSPS) is 11.6. The van der Waals surface area contributed by atoms with E-state index in [2.05, 4.69) is 27.9 Å². The lowest BCUT2D eigenvalue weighted by Gasteiger charge is -2.16. The third kappa shape index (κ3) is 5.23. The molecule has 2 N–H and O–H groups in total. The number of carboxylic acids is 1. The van der Waals surface area contributed by atoms with Crippen LogP contribution in [0.3, 0.4) is 0 Å². The molecule has 0 unspecified atom stereocenters. The molecule has 0 heterocycles. The van der Waals surface area contributed by atoms with E-state index in [0.29, 0.717) is 12.1 Å². The van der Waals surface area contributed by atoms with E-state index in [9.17, 15) is 9.59 Å². The van der Waals surface area contributed by atoms with Crippen molar-refractivity contribution in [2.45, 2.75) is 12.8 Å². The maximum absolute atomic E-state index is 12.5. The molecule has 1 atom stereocenters. The third-order valence-corrected chi connectivity index (χ3v) is 4.51. The Morgan fingerprint density at radius 3 is 2.42 bits per heavy atom. The number of hydrogen-bond donors (Lipinski definition) is 2. The largest absolute Gasteiger partial charge is 0.497 e. The molecular formula is C18H18INO4. The molecule has 0 bridgehead atoms. The van der Waals surface area contributed by atoms with E-state index >= 15 is 0 Å². The summed E-state index contributed by atoms with van der Waals surface area (Å²) in [5.74, 6) is -1.22. The fraction of sp³-hybridized carbons (Fsp3) is 0.222. The first-order chi connectivity index (χ1) is 11.5. The van der Waals surface area contributed by atoms with Crippen molar-refractivity contribution in [1.29, 1.82) is 0 Å². The van der Waals surface area contributed by atoms with E-state index in [1.165, 1.54) is 0 Å². The molecule has 126 valence electrons. The van der Waals surface area contributed by atoms with Gasteiger partial charge in [0.15, 0.2) is 0 Å². The molecule has 1 amide bonds. The minimum atomic E-state index is -0.994. The predicted molar refractivity (Wildman–Crippen MR) is 100 cm³/mol. The van der Waals surface area contributed by atoms with Crippen LogP contribution >= 0.6 is 22.6 Å². The average Bonchev–Trinajstić information content (AvgIpc) is 2.56. The Morgan fingerprint density at radius 1 is 1.17 bits per heavy atom. The van der Waals surface area contributed by atoms with Gasteiger partial charge in [0.2, 0.25) is 5.91 Å². The van der Waals surface area contributed by atoms with Gasteiger partial charge in [-0.2, -0.15) is 0 Å². The van der Waals surface area contributed by atoms with Crippen LogP contribution in [0.4, 0.5) is 5.69 Å². The van der Waals surface area contributed by atoms with E-state index in [1.54, 1.807) is 25.3 Å². The third-order valence-electron chi connectivity index (χ3n) is 3.56. The number of nitrogens with one attached hydrogen (secondary N) is 1. The molecule has 2 rings (SSSR count). The summed E-state index contributed by atoms with van der Waals surface area (Å²) in [7, 11) is 1.58. The number of carboxylic acid groups (broad SMARTS) is 1. The van der Waals surface area contributed by atoms with Gasteiger partial charge in [-0.25, -0.2) is 0 Å². The molecule has 5 nitrogen and oxygen atoms in total. The number of halogens is 1. The van der Waals surface area contributed by atoms with Crippen molar-refractivity contribution in [2.24, 2.45) is 5.92 Å². The molecule has 0 saturated heterocycles. The molecule has 0 spiro atoms. The summed E-state index contributed by atoms with van der Waals surface area (Å²) in [4.78, 5) is 23.6. The van der Waals surface area contributed by atoms with Crippen molar-refractivity contribution in [1.82, 2.24) is 0 Å². The zero-order chi connectivity index (χ0) is 17.5. The lowest BCUT2D eigenvalue weighted by Crippen LogP contribution is -2.27. The molecule has 2 aromatic carbocycles. The van der Waals surface area contributed by atoms with Crippen LogP contribution in [0.25, 0.3) is 0 Å². The first-order valence-electron chi connectivity index (χ1n) is 7.39. The minimum absolute atomic E-state index is 0.221. The predicted octanol–water partition coefficient (Wildman–Crippen LogP) is 3.57. The fourth-order valence-electron chi connectivity index (χ4n) is 2.31. The van der Waals surface area contributed by atoms with E-state index < -0.39 is 11.9 Å². The molecule has 0 aromatic heterocycles. The summed E-state index contributed by atoms with van der Waals surface area (Å²) in [6.45, 7) is 0. The van der Waals surface area contributed by atoms with Crippen LogP contribution in [-0.2, 0) is 16.0 Å². The standard InChI is InChI=1S/C18H18INO4/c1-24-14-8-6-12(7-9-14)10-13(11-17(21)22)18(23)20-16-5-3-2-4-15(16)19/h2-9,13H,10-11H2,1H3,(H,20,23)(H,21,22)/t13-/m0/s1. The van der Waals surface area contributed by atoms with Crippen molar-refractivity contribution in [3.8, 4) is 5.75 Å². The van der Waals surface area contributed by atoms with E-state index in [4.69, 9.17) is 9.84 Å². The molecule has 0 saturated carbocycles. The Balaban J connectivity index is 2.12. The number of ether oxygens (including phenoxy) is 1. The highest BCUT2D eigenvalue weighted by atomic mass is 127. The van der Waals surface area contributed by atoms with Crippen molar-refractivity contribution < 1.29 is 19.4 Å². The van der Waals surface area contributed by atoms with E-state index in [0.717, 1.165) is 14.9 Å². The second kappa shape index (κ2) is 8.68. The molecule has 0 fully saturated rings. The summed E-state index contributed by atoms with van der Waals surface area (Å²) in [5.41, 5.74) is 1.58. The summed E-state index contributed by atoms with van der Waals surface area (Å²) < 4.78 is 6.01. The van der Waals surface area contributed by atoms with E-state index in [1.807, 2.05) is 30.3 Å². The maximum Gasteiger partial charge on any atom is 0.304 e. The summed E-state index contributed by atoms with van der Waals surface area (Å²) >= 11 is 2.13. The number of anilines is 1. The zero-order valence-electron chi connectivity index (χ0n) is 13.2. The Morgan fingerprint density at radius 2 is 1.83 bits per heavy atom. The lowest BCUT2D eigenvalue weighted by atomic mass is 9.95. The Bertz CT molecular complexity index is 715. The van der Waals surface area contributed by atoms with Crippen LogP contribution in [-0.4, -0.2) is 24.1 Å². The van der Waals surface area contributed by atoms with Crippen molar-refractivity contribution in [3.63, 3.8) is 0 Å². The molecule has 0 aliphatic carbocycles. The van der Waals surface area contributed by atoms with Gasteiger partial charge in [-0.1, -0.05) is 24.3 Å². The van der Waals surface area contributed by atoms with Crippen LogP contribution < -0.4 is 10.1 Å². The van der Waals surface area contributed by atoms with Crippen LogP contribution in [0.15, 0.2) is 48.5 Å². The van der Waals surface area contributed by atoms with Gasteiger partial charge in [0.1, 0.15) is 5.75 Å². The molecule has 24 heavy (non-hydrogen) atoms. The van der Waals surface area contributed by atoms with Crippen molar-refractivity contribution in [2.75, 3.05) is 12.4 Å². The lowest BCUT2D eigenvalue weighted by molar-refractivity contribution is -0.140. The highest BCUT2D eigenvalue weighted by molar-refractivity contribution is 14.1. The Labute approximate surface area is 154 Å². The maximum atomic E-state index is 12.5. The van der Waals surface area contributed by atoms with Gasteiger partial charge in [0.25, 0.3) is 0 Å². The second-order valence-electron chi connectivity index (χ2n) is 5.32. The average molecular weight is 439 g/mol. The zero-order valence-corrected chi connectivity index (χ0v) is 15.3. The number of amides is 1. The first-order valence-corrected chi connectivity index (χ1v) is 8.47. The molecule has 0 aliphatic rings. The summed E-state index contributed by atoms with van der Waals surface area (Å²) in [5, 5.41) is 11.9. The highest BCUT2D eigenvalue weighted by Crippen LogP contribution is 2.21. The second-order valence-corrected chi connectivity index (χ2v) is 6.48. The smallest absolute Gasteiger partial charge is 0.304 e. The van der Waals surface area contributed by atoms with Crippen molar-refractivity contribution >= 4 is 40.2 Å². The molecule has 0 radical (unpaired) electrons. The quantitative estimate of drug-likeness (QED) is 0.647. The number of methoxy groups -OCH3 is 1. The molecule has 6 heteroatoms. The number of carbonyl (C=O) groups is 2. The minimum Gasteiger partial charge on any atom is -0.497 e. The number of carbonyl (C=O) groups excluding carboxylic acids is 1. The van der Waals surface area contributed by atoms with Gasteiger partial charge in [-0.15, -0.1) is 0 Å². The van der Waals surface area contributed by atoms with Gasteiger partial charge < -0.3 is 15.2 Å². The van der Waals surface area contributed by atoms with E-state index in [-0.39, 0.29) is 12.3 Å². The van der Waals surface area contributed by atoms with Gasteiger partial charge >= 0.3 is 5.97 Å². The molecule has 2 aromatic rings. The van der Waals surface area contributed by atoms with Crippen LogP contribution in [0.5, 0.6) is 5.75 Å². The van der Waals surface area contributed by atoms with Gasteiger partial charge in [0, 0.05) is 3.57 Å². The summed E-state index contributed by atoms with van der Waals surface area (Å²) in [6.07, 6.45) is 0.132. The van der Waals surface area contributed by atoms with Gasteiger partial charge in [-0.05, 0) is 58.8 Å². The first kappa shape index (κ1) is 18.3. The Hall–Kier alpha value is -2.09. The number of aliphatic carboxylic acids is 1. The molecular weight excluding hydrogens is 421 g/mol.